The molecule has 0 aromatic heterocycles. The maximum absolute atomic E-state index is 8.74. The third-order valence-electron chi connectivity index (χ3n) is 0.232. The molecule has 1 aliphatic heterocycles. The van der Waals surface area contributed by atoms with Crippen molar-refractivity contribution in [3.63, 3.8) is 0 Å². The van der Waals surface area contributed by atoms with Gasteiger partial charge >= 0.3 is 126 Å². The maximum atomic E-state index is 8.74. The number of hydrogen-bond acceptors (Lipinski definition) is 6. The third-order valence-corrected chi connectivity index (χ3v) is 0.232. The standard InChI is InChI=1S/CH2O4.Ba.Ca.Mg.H2O4S.6H/c2-1(3)4-5-1;;;;1-5(2,3)4;;;;;;/h2-3H;;;;(H2,1,2,3,4);;;;;;/q;3*+2;;6*-1. The second-order valence-electron chi connectivity index (χ2n) is 1.16. The van der Waals surface area contributed by atoms with E-state index in [0.29, 0.717) is 0 Å². The third kappa shape index (κ3) is 39.3. The van der Waals surface area contributed by atoms with Gasteiger partial charge in [-0.25, -0.2) is 0 Å². The summed E-state index contributed by atoms with van der Waals surface area (Å²) >= 11 is 0. The first-order valence-electron chi connectivity index (χ1n) is 1.72. The molecule has 0 bridgehead atoms. The zero-order valence-electron chi connectivity index (χ0n) is 12.5. The molecule has 0 amide bonds. The fraction of sp³-hybridized carbons (Fsp3) is 1.00. The van der Waals surface area contributed by atoms with E-state index in [1.807, 2.05) is 0 Å². The van der Waals surface area contributed by atoms with Crippen molar-refractivity contribution in [3.8, 4) is 0 Å². The van der Waals surface area contributed by atoms with Gasteiger partial charge in [-0.05, 0) is 0 Å². The van der Waals surface area contributed by atoms with Gasteiger partial charge in [0.1, 0.15) is 0 Å². The molecule has 4 N–H and O–H groups in total. The minimum atomic E-state index is -4.67. The minimum absolute atomic E-state index is 0. The summed E-state index contributed by atoms with van der Waals surface area (Å²) in [5, 5.41) is 15.5. The summed E-state index contributed by atoms with van der Waals surface area (Å²) in [6.45, 7) is 0. The molecule has 0 spiro atoms. The molecule has 0 saturated carbocycles. The van der Waals surface area contributed by atoms with E-state index in [0.717, 1.165) is 0 Å². The Kier molecular flexibility index (Phi) is 20.3. The molecule has 0 aromatic carbocycles. The summed E-state index contributed by atoms with van der Waals surface area (Å²) in [4.78, 5) is 7.01. The fourth-order valence-corrected chi connectivity index (χ4v) is 0.0373. The Morgan fingerprint density at radius 1 is 1.15 bits per heavy atom. The van der Waals surface area contributed by atoms with Gasteiger partial charge in [0.05, 0.1) is 0 Å². The summed E-state index contributed by atoms with van der Waals surface area (Å²) in [6.07, 6.45) is -2.25. The van der Waals surface area contributed by atoms with Crippen LogP contribution in [0.3, 0.4) is 0 Å². The zero-order valence-corrected chi connectivity index (χ0v) is 15.3. The van der Waals surface area contributed by atoms with Crippen molar-refractivity contribution in [2.45, 2.75) is 6.16 Å². The second-order valence-corrected chi connectivity index (χ2v) is 2.06. The zero-order chi connectivity index (χ0) is 8.41. The van der Waals surface area contributed by atoms with Gasteiger partial charge in [0, 0.05) is 0 Å². The Morgan fingerprint density at radius 3 is 1.23 bits per heavy atom. The van der Waals surface area contributed by atoms with Crippen molar-refractivity contribution in [1.82, 2.24) is 0 Å². The number of aliphatic hydroxyl groups is 2. The Bertz CT molecular complexity index is 205. The van der Waals surface area contributed by atoms with Crippen LogP contribution in [0, 0.1) is 0 Å². The molecule has 1 rings (SSSR count). The van der Waals surface area contributed by atoms with Gasteiger partial charge in [0.15, 0.2) is 0 Å². The van der Waals surface area contributed by atoms with Crippen LogP contribution in [-0.4, -0.2) is 144 Å². The van der Waals surface area contributed by atoms with Crippen molar-refractivity contribution in [2.24, 2.45) is 0 Å². The molecule has 0 unspecified atom stereocenters. The van der Waals surface area contributed by atoms with E-state index in [1.54, 1.807) is 0 Å². The van der Waals surface area contributed by atoms with Crippen molar-refractivity contribution in [3.05, 3.63) is 0 Å². The van der Waals surface area contributed by atoms with Crippen molar-refractivity contribution < 1.29 is 46.1 Å². The van der Waals surface area contributed by atoms with E-state index in [1.165, 1.54) is 0 Å². The van der Waals surface area contributed by atoms with E-state index in [2.05, 4.69) is 9.78 Å². The second kappa shape index (κ2) is 10.5. The topological polar surface area (TPSA) is 140 Å². The van der Waals surface area contributed by atoms with E-state index in [-0.39, 0.29) is 118 Å². The average Bonchev–Trinajstić information content (AvgIpc) is 2.11. The molecule has 13 heavy (non-hydrogen) atoms. The van der Waals surface area contributed by atoms with Crippen LogP contribution in [-0.2, 0) is 20.2 Å². The van der Waals surface area contributed by atoms with Crippen molar-refractivity contribution in [1.29, 1.82) is 0 Å². The van der Waals surface area contributed by atoms with Crippen LogP contribution in [0.25, 0.3) is 0 Å². The van der Waals surface area contributed by atoms with Crippen LogP contribution in [0.2, 0.25) is 0 Å². The van der Waals surface area contributed by atoms with Crippen molar-refractivity contribution in [2.75, 3.05) is 0 Å². The molecule has 1 fully saturated rings. The van der Waals surface area contributed by atoms with Crippen LogP contribution >= 0.6 is 0 Å². The number of hydrogen-bond donors (Lipinski definition) is 4. The summed E-state index contributed by atoms with van der Waals surface area (Å²) in [6, 6.07) is 0. The quantitative estimate of drug-likeness (QED) is 0.118. The van der Waals surface area contributed by atoms with Crippen molar-refractivity contribution >= 4 is 120 Å². The first kappa shape index (κ1) is 25.2. The molecule has 1 aliphatic rings. The van der Waals surface area contributed by atoms with Gasteiger partial charge in [-0.15, -0.1) is 9.78 Å². The van der Waals surface area contributed by atoms with Gasteiger partial charge in [-0.2, -0.15) is 8.42 Å². The SMILES string of the molecule is O=S(=O)(O)O.OC1(O)OO1.[Ba+2].[Ca+2].[H-].[H-].[H-].[H-].[H-].[H-].[Mg+2]. The molecular formula is CH10BaCaMgO8S. The fourth-order valence-electron chi connectivity index (χ4n) is 0.0373. The first-order chi connectivity index (χ1) is 4.21. The smallest absolute Gasteiger partial charge is 1.00 e. The van der Waals surface area contributed by atoms with E-state index in [4.69, 9.17) is 27.7 Å². The molecule has 0 radical (unpaired) electrons. The monoisotopic (exact) mass is 384 g/mol. The summed E-state index contributed by atoms with van der Waals surface area (Å²) in [7, 11) is -4.67. The molecule has 0 aromatic rings. The average molecular weight is 384 g/mol. The normalized spacial score (nSPS) is 16.0. The molecule has 0 aliphatic carbocycles. The van der Waals surface area contributed by atoms with E-state index >= 15 is 0 Å². The Balaban J connectivity index is -0.00000000723. The van der Waals surface area contributed by atoms with Crippen LogP contribution in [0.15, 0.2) is 0 Å². The van der Waals surface area contributed by atoms with Gasteiger partial charge in [-0.3, -0.25) is 9.11 Å². The predicted octanol–water partition coefficient (Wildman–Crippen LogP) is -2.58. The van der Waals surface area contributed by atoms with Crippen LogP contribution in [0.1, 0.15) is 8.56 Å². The molecular weight excluding hydrogens is 374 g/mol. The van der Waals surface area contributed by atoms with Crippen LogP contribution in [0.5, 0.6) is 0 Å². The Labute approximate surface area is 169 Å². The summed E-state index contributed by atoms with van der Waals surface area (Å²) in [5.74, 6) is 0. The molecule has 8 nitrogen and oxygen atoms in total. The van der Waals surface area contributed by atoms with E-state index < -0.39 is 16.6 Å². The van der Waals surface area contributed by atoms with Crippen LogP contribution in [0.4, 0.5) is 0 Å². The maximum Gasteiger partial charge on any atom is 2.00 e. The van der Waals surface area contributed by atoms with E-state index in [9.17, 15) is 0 Å². The molecule has 0 atom stereocenters. The van der Waals surface area contributed by atoms with Gasteiger partial charge in [-0.1, -0.05) is 0 Å². The summed E-state index contributed by atoms with van der Waals surface area (Å²) < 4.78 is 31.6. The summed E-state index contributed by atoms with van der Waals surface area (Å²) in [5.41, 5.74) is 0. The predicted molar refractivity (Wildman–Crippen MR) is 47.5 cm³/mol. The Morgan fingerprint density at radius 2 is 1.23 bits per heavy atom. The van der Waals surface area contributed by atoms with Gasteiger partial charge in [0.25, 0.3) is 0 Å². The Hall–Kier alpha value is 3.31. The number of rotatable bonds is 0. The first-order valence-corrected chi connectivity index (χ1v) is 3.12. The molecule has 1 heterocycles. The minimum Gasteiger partial charge on any atom is -1.00 e. The van der Waals surface area contributed by atoms with Gasteiger partial charge in [0.2, 0.25) is 0 Å². The van der Waals surface area contributed by atoms with Crippen LogP contribution < -0.4 is 0 Å². The molecule has 1 saturated heterocycles. The van der Waals surface area contributed by atoms with Gasteiger partial charge < -0.3 is 18.8 Å². The molecule has 12 heteroatoms. The molecule has 74 valence electrons. The largest absolute Gasteiger partial charge is 2.00 e.